The number of aromatic nitrogens is 2. The van der Waals surface area contributed by atoms with Crippen molar-refractivity contribution in [1.29, 1.82) is 0 Å². The van der Waals surface area contributed by atoms with Crippen molar-refractivity contribution < 1.29 is 4.79 Å². The van der Waals surface area contributed by atoms with Gasteiger partial charge in [-0.05, 0) is 56.3 Å². The van der Waals surface area contributed by atoms with Gasteiger partial charge in [0.25, 0.3) is 5.56 Å². The Morgan fingerprint density at radius 3 is 2.81 bits per heavy atom. The fourth-order valence-corrected chi connectivity index (χ4v) is 4.00. The summed E-state index contributed by atoms with van der Waals surface area (Å²) in [4.78, 5) is 31.7. The minimum atomic E-state index is -0.160. The van der Waals surface area contributed by atoms with E-state index >= 15 is 0 Å². The Morgan fingerprint density at radius 2 is 2.07 bits per heavy atom. The maximum atomic E-state index is 12.6. The number of halogens is 1. The number of aryl methyl sites for hydroxylation is 1. The summed E-state index contributed by atoms with van der Waals surface area (Å²) in [6.07, 6.45) is 3.86. The van der Waals surface area contributed by atoms with Gasteiger partial charge >= 0.3 is 0 Å². The van der Waals surface area contributed by atoms with Crippen molar-refractivity contribution in [1.82, 2.24) is 15.3 Å². The number of aromatic amines is 1. The average molecular weight is 389 g/mol. The number of H-pyrrole nitrogens is 1. The average Bonchev–Trinajstić information content (AvgIpc) is 3.35. The van der Waals surface area contributed by atoms with Gasteiger partial charge in [0, 0.05) is 28.9 Å². The molecule has 2 heterocycles. The van der Waals surface area contributed by atoms with Gasteiger partial charge in [0.05, 0.1) is 0 Å². The zero-order valence-electron chi connectivity index (χ0n) is 15.4. The van der Waals surface area contributed by atoms with E-state index in [9.17, 15) is 9.59 Å². The van der Waals surface area contributed by atoms with Crippen LogP contribution in [0.2, 0.25) is 0 Å². The maximum Gasteiger partial charge on any atom is 0.251 e. The van der Waals surface area contributed by atoms with Crippen LogP contribution < -0.4 is 16.2 Å². The Labute approximate surface area is 164 Å². The fourth-order valence-electron chi connectivity index (χ4n) is 4.00. The third kappa shape index (κ3) is 4.06. The lowest BCUT2D eigenvalue weighted by molar-refractivity contribution is -0.118. The molecule has 3 N–H and O–H groups in total. The molecule has 1 aromatic heterocycles. The van der Waals surface area contributed by atoms with Gasteiger partial charge in [0.2, 0.25) is 5.91 Å². The number of anilines is 1. The van der Waals surface area contributed by atoms with Gasteiger partial charge in [0.1, 0.15) is 5.82 Å². The first-order chi connectivity index (χ1) is 12.6. The molecule has 2 aromatic rings. The Kier molecular flexibility index (Phi) is 5.67. The lowest BCUT2D eigenvalue weighted by Gasteiger charge is -2.23. The van der Waals surface area contributed by atoms with E-state index in [1.165, 1.54) is 6.07 Å². The molecule has 2 aliphatic rings. The van der Waals surface area contributed by atoms with E-state index in [-0.39, 0.29) is 35.2 Å². The summed E-state index contributed by atoms with van der Waals surface area (Å²) in [6.45, 7) is 3.98. The lowest BCUT2D eigenvalue weighted by Crippen LogP contribution is -2.31. The number of hydrogen-bond donors (Lipinski definition) is 3. The fraction of sp³-hybridized carbons (Fsp3) is 0.450. The van der Waals surface area contributed by atoms with Crippen molar-refractivity contribution >= 4 is 24.0 Å². The number of nitrogens with one attached hydrogen (secondary N) is 3. The molecule has 6 nitrogen and oxygen atoms in total. The van der Waals surface area contributed by atoms with Gasteiger partial charge in [-0.3, -0.25) is 9.59 Å². The topological polar surface area (TPSA) is 86.9 Å². The number of piperidine rings is 1. The third-order valence-corrected chi connectivity index (χ3v) is 5.67. The Morgan fingerprint density at radius 1 is 1.30 bits per heavy atom. The molecule has 7 heteroatoms. The summed E-state index contributed by atoms with van der Waals surface area (Å²) in [5.74, 6) is 0.758. The van der Waals surface area contributed by atoms with E-state index in [1.54, 1.807) is 0 Å². The van der Waals surface area contributed by atoms with Crippen molar-refractivity contribution in [2.75, 3.05) is 18.4 Å². The first-order valence-corrected chi connectivity index (χ1v) is 9.32. The minimum Gasteiger partial charge on any atom is -0.326 e. The highest BCUT2D eigenvalue weighted by atomic mass is 35.5. The van der Waals surface area contributed by atoms with Crippen LogP contribution in [0.3, 0.4) is 0 Å². The first-order valence-electron chi connectivity index (χ1n) is 9.32. The molecule has 1 aliphatic heterocycles. The third-order valence-electron chi connectivity index (χ3n) is 5.67. The number of benzene rings is 1. The molecule has 1 aromatic carbocycles. The summed E-state index contributed by atoms with van der Waals surface area (Å²) >= 11 is 0. The molecule has 0 radical (unpaired) electrons. The van der Waals surface area contributed by atoms with Gasteiger partial charge in [-0.25, -0.2) is 4.98 Å². The van der Waals surface area contributed by atoms with Gasteiger partial charge < -0.3 is 15.6 Å². The van der Waals surface area contributed by atoms with Gasteiger partial charge in [-0.2, -0.15) is 0 Å². The highest BCUT2D eigenvalue weighted by molar-refractivity contribution is 5.95. The molecule has 1 spiro atoms. The van der Waals surface area contributed by atoms with Crippen LogP contribution in [-0.4, -0.2) is 29.0 Å². The number of carbonyl (C=O) groups is 1. The number of rotatable bonds is 4. The zero-order chi connectivity index (χ0) is 18.1. The molecule has 1 saturated heterocycles. The van der Waals surface area contributed by atoms with Crippen LogP contribution in [0.15, 0.2) is 35.1 Å². The molecule has 1 saturated carbocycles. The molecule has 1 amide bonds. The number of hydrogen-bond acceptors (Lipinski definition) is 4. The van der Waals surface area contributed by atoms with E-state index in [0.717, 1.165) is 49.3 Å². The second-order valence-corrected chi connectivity index (χ2v) is 7.38. The molecule has 2 fully saturated rings. The summed E-state index contributed by atoms with van der Waals surface area (Å²) in [6, 6.07) is 9.02. The SMILES string of the molecule is CCc1cc(=O)[nH]c(-c2cccc(NC(=O)C3CC34CCNCC4)c2)n1.Cl. The molecule has 27 heavy (non-hydrogen) atoms. The number of carbonyl (C=O) groups excluding carboxylic acids is 1. The highest BCUT2D eigenvalue weighted by Crippen LogP contribution is 2.58. The molecule has 0 bridgehead atoms. The van der Waals surface area contributed by atoms with Crippen LogP contribution in [-0.2, 0) is 11.2 Å². The molecule has 1 unspecified atom stereocenters. The second kappa shape index (κ2) is 7.82. The van der Waals surface area contributed by atoms with Crippen LogP contribution >= 0.6 is 12.4 Å². The molecular weight excluding hydrogens is 364 g/mol. The van der Waals surface area contributed by atoms with Gasteiger partial charge in [0.15, 0.2) is 0 Å². The van der Waals surface area contributed by atoms with Crippen LogP contribution in [0.5, 0.6) is 0 Å². The van der Waals surface area contributed by atoms with Crippen LogP contribution in [0.4, 0.5) is 5.69 Å². The summed E-state index contributed by atoms with van der Waals surface area (Å²) in [5, 5.41) is 6.41. The molecule has 1 atom stereocenters. The summed E-state index contributed by atoms with van der Waals surface area (Å²) in [7, 11) is 0. The summed E-state index contributed by atoms with van der Waals surface area (Å²) < 4.78 is 0. The molecule has 4 rings (SSSR count). The van der Waals surface area contributed by atoms with Crippen molar-refractivity contribution in [3.05, 3.63) is 46.4 Å². The Bertz CT molecular complexity index is 890. The van der Waals surface area contributed by atoms with E-state index in [4.69, 9.17) is 0 Å². The van der Waals surface area contributed by atoms with E-state index in [1.807, 2.05) is 31.2 Å². The smallest absolute Gasteiger partial charge is 0.251 e. The second-order valence-electron chi connectivity index (χ2n) is 7.38. The largest absolute Gasteiger partial charge is 0.326 e. The van der Waals surface area contributed by atoms with Crippen molar-refractivity contribution in [3.8, 4) is 11.4 Å². The van der Waals surface area contributed by atoms with E-state index in [0.29, 0.717) is 12.2 Å². The Balaban J connectivity index is 0.00000210. The standard InChI is InChI=1S/C20H24N4O2.ClH/c1-2-14-11-17(25)24-18(22-14)13-4-3-5-15(10-13)23-19(26)16-12-20(16)6-8-21-9-7-20;/h3-5,10-11,16,21H,2,6-9,12H2,1H3,(H,23,26)(H,22,24,25);1H. The first kappa shape index (κ1) is 19.6. The predicted molar refractivity (Wildman–Crippen MR) is 108 cm³/mol. The zero-order valence-corrected chi connectivity index (χ0v) is 16.2. The molecule has 1 aliphatic carbocycles. The number of amides is 1. The maximum absolute atomic E-state index is 12.6. The minimum absolute atomic E-state index is 0. The monoisotopic (exact) mass is 388 g/mol. The van der Waals surface area contributed by atoms with E-state index < -0.39 is 0 Å². The van der Waals surface area contributed by atoms with E-state index in [2.05, 4.69) is 20.6 Å². The predicted octanol–water partition coefficient (Wildman–Crippen LogP) is 2.75. The Hall–Kier alpha value is -2.18. The van der Waals surface area contributed by atoms with Crippen molar-refractivity contribution in [2.45, 2.75) is 32.6 Å². The van der Waals surface area contributed by atoms with Crippen LogP contribution in [0, 0.1) is 11.3 Å². The number of nitrogens with zero attached hydrogens (tertiary/aromatic N) is 1. The lowest BCUT2D eigenvalue weighted by atomic mass is 9.92. The van der Waals surface area contributed by atoms with Crippen LogP contribution in [0.25, 0.3) is 11.4 Å². The van der Waals surface area contributed by atoms with Gasteiger partial charge in [-0.1, -0.05) is 19.1 Å². The van der Waals surface area contributed by atoms with Crippen molar-refractivity contribution in [2.24, 2.45) is 11.3 Å². The quantitative estimate of drug-likeness (QED) is 0.751. The highest BCUT2D eigenvalue weighted by Gasteiger charge is 2.57. The summed E-state index contributed by atoms with van der Waals surface area (Å²) in [5.41, 5.74) is 2.35. The molecular formula is C20H25ClN4O2. The molecule has 144 valence electrons. The van der Waals surface area contributed by atoms with Crippen LogP contribution in [0.1, 0.15) is 31.9 Å². The normalized spacial score (nSPS) is 20.0. The van der Waals surface area contributed by atoms with Gasteiger partial charge in [-0.15, -0.1) is 12.4 Å². The van der Waals surface area contributed by atoms with Crippen molar-refractivity contribution in [3.63, 3.8) is 0 Å².